The van der Waals surface area contributed by atoms with E-state index in [1.165, 1.54) is 12.1 Å². The van der Waals surface area contributed by atoms with Gasteiger partial charge in [0.2, 0.25) is 16.0 Å². The molecule has 35 heavy (non-hydrogen) atoms. The van der Waals surface area contributed by atoms with Crippen LogP contribution < -0.4 is 15.4 Å². The summed E-state index contributed by atoms with van der Waals surface area (Å²) in [5, 5.41) is 21.6. The molecule has 0 aliphatic rings. The molecule has 4 aromatic rings. The highest BCUT2D eigenvalue weighted by atomic mass is 32.2. The van der Waals surface area contributed by atoms with Gasteiger partial charge in [0.1, 0.15) is 10.6 Å². The largest absolute Gasteiger partial charge is 0.394 e. The third kappa shape index (κ3) is 5.30. The van der Waals surface area contributed by atoms with E-state index in [1.807, 2.05) is 43.9 Å². The van der Waals surface area contributed by atoms with E-state index in [1.54, 1.807) is 23.5 Å². The molecule has 0 amide bonds. The zero-order chi connectivity index (χ0) is 25.2. The van der Waals surface area contributed by atoms with Crippen molar-refractivity contribution in [2.75, 3.05) is 23.4 Å². The van der Waals surface area contributed by atoms with Gasteiger partial charge in [-0.3, -0.25) is 0 Å². The van der Waals surface area contributed by atoms with Gasteiger partial charge in [-0.25, -0.2) is 18.5 Å². The number of aromatic nitrogens is 2. The second kappa shape index (κ2) is 9.90. The summed E-state index contributed by atoms with van der Waals surface area (Å²) in [5.74, 6) is 1.21. The third-order valence-electron chi connectivity index (χ3n) is 5.89. The molecular weight excluding hydrogens is 482 g/mol. The van der Waals surface area contributed by atoms with Crippen LogP contribution in [0.1, 0.15) is 26.3 Å². The van der Waals surface area contributed by atoms with Crippen LogP contribution >= 0.6 is 11.3 Å². The van der Waals surface area contributed by atoms with E-state index in [-0.39, 0.29) is 11.5 Å². The van der Waals surface area contributed by atoms with Crippen molar-refractivity contribution >= 4 is 43.3 Å². The summed E-state index contributed by atoms with van der Waals surface area (Å²) in [6.45, 7) is 6.93. The standard InChI is InChI=1S/C25H29N5O3S2/c1-4-30(25(2,3)16-31)24-28-22(27-14-17-10-12-19(13-11-17)35(26,32)33)21-20(15-34-23(21)29-24)18-8-6-5-7-9-18/h5-13,15,31H,4,14,16H2,1-3H3,(H2,26,32,33)(H,27,28,29). The maximum absolute atomic E-state index is 11.6. The minimum absolute atomic E-state index is 0.0406. The first-order valence-electron chi connectivity index (χ1n) is 11.2. The molecule has 4 rings (SSSR count). The Hall–Kier alpha value is -3.05. The van der Waals surface area contributed by atoms with Crippen molar-refractivity contribution in [1.29, 1.82) is 0 Å². The van der Waals surface area contributed by atoms with Crippen LogP contribution in [0.2, 0.25) is 0 Å². The van der Waals surface area contributed by atoms with E-state index in [9.17, 15) is 13.5 Å². The van der Waals surface area contributed by atoms with Crippen LogP contribution in [0, 0.1) is 0 Å². The zero-order valence-electron chi connectivity index (χ0n) is 19.9. The van der Waals surface area contributed by atoms with Gasteiger partial charge in [-0.05, 0) is 44.0 Å². The number of nitrogens with one attached hydrogen (secondary N) is 1. The molecule has 0 atom stereocenters. The number of benzene rings is 2. The summed E-state index contributed by atoms with van der Waals surface area (Å²) in [4.78, 5) is 12.7. The quantitative estimate of drug-likeness (QED) is 0.308. The fourth-order valence-electron chi connectivity index (χ4n) is 3.92. The molecule has 0 aliphatic carbocycles. The predicted molar refractivity (Wildman–Crippen MR) is 142 cm³/mol. The van der Waals surface area contributed by atoms with Crippen molar-refractivity contribution < 1.29 is 13.5 Å². The molecule has 0 aliphatic heterocycles. The molecule has 2 aromatic carbocycles. The van der Waals surface area contributed by atoms with Crippen molar-refractivity contribution in [2.45, 2.75) is 37.8 Å². The van der Waals surface area contributed by atoms with Gasteiger partial charge in [0.25, 0.3) is 0 Å². The topological polar surface area (TPSA) is 121 Å². The smallest absolute Gasteiger partial charge is 0.238 e. The van der Waals surface area contributed by atoms with E-state index < -0.39 is 15.6 Å². The fourth-order valence-corrected chi connectivity index (χ4v) is 5.38. The molecule has 0 fully saturated rings. The second-order valence-electron chi connectivity index (χ2n) is 8.83. The first-order chi connectivity index (χ1) is 16.6. The van der Waals surface area contributed by atoms with Gasteiger partial charge in [0.05, 0.1) is 22.4 Å². The van der Waals surface area contributed by atoms with Crippen LogP contribution in [-0.4, -0.2) is 42.2 Å². The Labute approximate surface area is 209 Å². The SMILES string of the molecule is CCN(c1nc(NCc2ccc(S(N)(=O)=O)cc2)c2c(-c3ccccc3)csc2n1)C(C)(C)CO. The van der Waals surface area contributed by atoms with Gasteiger partial charge in [0.15, 0.2) is 0 Å². The van der Waals surface area contributed by atoms with Crippen molar-refractivity contribution in [3.05, 3.63) is 65.5 Å². The van der Waals surface area contributed by atoms with Gasteiger partial charge in [-0.2, -0.15) is 4.98 Å². The molecule has 0 radical (unpaired) electrons. The van der Waals surface area contributed by atoms with Crippen molar-refractivity contribution in [2.24, 2.45) is 5.14 Å². The van der Waals surface area contributed by atoms with E-state index in [0.717, 1.165) is 26.9 Å². The van der Waals surface area contributed by atoms with Crippen LogP contribution in [0.25, 0.3) is 21.3 Å². The highest BCUT2D eigenvalue weighted by molar-refractivity contribution is 7.89. The summed E-state index contributed by atoms with van der Waals surface area (Å²) >= 11 is 1.55. The number of sulfonamides is 1. The number of anilines is 2. The normalized spacial score (nSPS) is 12.1. The zero-order valence-corrected chi connectivity index (χ0v) is 21.5. The molecule has 0 spiro atoms. The monoisotopic (exact) mass is 511 g/mol. The molecule has 4 N–H and O–H groups in total. The van der Waals surface area contributed by atoms with Crippen LogP contribution in [0.3, 0.4) is 0 Å². The lowest BCUT2D eigenvalue weighted by Crippen LogP contribution is -2.47. The highest BCUT2D eigenvalue weighted by Crippen LogP contribution is 2.38. The number of primary sulfonamides is 1. The number of thiophene rings is 1. The third-order valence-corrected chi connectivity index (χ3v) is 7.70. The Morgan fingerprint density at radius 1 is 1.09 bits per heavy atom. The molecule has 0 bridgehead atoms. The number of aliphatic hydroxyl groups excluding tert-OH is 1. The number of aliphatic hydroxyl groups is 1. The van der Waals surface area contributed by atoms with Gasteiger partial charge in [-0.15, -0.1) is 11.3 Å². The average Bonchev–Trinajstić information content (AvgIpc) is 3.27. The number of nitrogens with zero attached hydrogens (tertiary/aromatic N) is 3. The number of rotatable bonds is 9. The number of nitrogens with two attached hydrogens (primary N) is 1. The molecule has 0 unspecified atom stereocenters. The highest BCUT2D eigenvalue weighted by Gasteiger charge is 2.28. The summed E-state index contributed by atoms with van der Waals surface area (Å²) in [6, 6.07) is 16.5. The molecule has 0 saturated carbocycles. The predicted octanol–water partition coefficient (Wildman–Crippen LogP) is 4.22. The van der Waals surface area contributed by atoms with Crippen LogP contribution in [0.15, 0.2) is 64.9 Å². The van der Waals surface area contributed by atoms with Gasteiger partial charge >= 0.3 is 0 Å². The maximum Gasteiger partial charge on any atom is 0.238 e. The Balaban J connectivity index is 1.78. The number of hydrogen-bond donors (Lipinski definition) is 3. The lowest BCUT2D eigenvalue weighted by atomic mass is 10.0. The summed E-state index contributed by atoms with van der Waals surface area (Å²) in [5.41, 5.74) is 2.44. The molecule has 10 heteroatoms. The van der Waals surface area contributed by atoms with Crippen LogP contribution in [0.5, 0.6) is 0 Å². The van der Waals surface area contributed by atoms with E-state index in [2.05, 4.69) is 22.8 Å². The van der Waals surface area contributed by atoms with Crippen molar-refractivity contribution in [3.8, 4) is 11.1 Å². The summed E-state index contributed by atoms with van der Waals surface area (Å²) in [7, 11) is -3.74. The van der Waals surface area contributed by atoms with E-state index in [0.29, 0.717) is 24.9 Å². The Bertz CT molecular complexity index is 1420. The van der Waals surface area contributed by atoms with Gasteiger partial charge < -0.3 is 15.3 Å². The first kappa shape index (κ1) is 25.1. The molecule has 8 nitrogen and oxygen atoms in total. The first-order valence-corrected chi connectivity index (χ1v) is 13.7. The summed E-state index contributed by atoms with van der Waals surface area (Å²) < 4.78 is 23.1. The minimum atomic E-state index is -3.74. The average molecular weight is 512 g/mol. The maximum atomic E-state index is 11.6. The van der Waals surface area contributed by atoms with Crippen LogP contribution in [0.4, 0.5) is 11.8 Å². The van der Waals surface area contributed by atoms with Crippen molar-refractivity contribution in [1.82, 2.24) is 9.97 Å². The molecule has 2 heterocycles. The molecule has 0 saturated heterocycles. The van der Waals surface area contributed by atoms with Crippen LogP contribution in [-0.2, 0) is 16.6 Å². The Morgan fingerprint density at radius 3 is 2.37 bits per heavy atom. The summed E-state index contributed by atoms with van der Waals surface area (Å²) in [6.07, 6.45) is 0. The molecular formula is C25H29N5O3S2. The van der Waals surface area contributed by atoms with Crippen molar-refractivity contribution in [3.63, 3.8) is 0 Å². The number of likely N-dealkylation sites (N-methyl/N-ethyl adjacent to an activating group) is 1. The minimum Gasteiger partial charge on any atom is -0.394 e. The lowest BCUT2D eigenvalue weighted by Gasteiger charge is -2.36. The second-order valence-corrected chi connectivity index (χ2v) is 11.2. The van der Waals surface area contributed by atoms with Gasteiger partial charge in [0, 0.05) is 24.0 Å². The Kier molecular flexibility index (Phi) is 7.09. The van der Waals surface area contributed by atoms with E-state index in [4.69, 9.17) is 15.1 Å². The fraction of sp³-hybridized carbons (Fsp3) is 0.280. The van der Waals surface area contributed by atoms with E-state index >= 15 is 0 Å². The Morgan fingerprint density at radius 2 is 1.77 bits per heavy atom. The lowest BCUT2D eigenvalue weighted by molar-refractivity contribution is 0.211. The molecule has 2 aromatic heterocycles. The number of hydrogen-bond acceptors (Lipinski definition) is 8. The number of fused-ring (bicyclic) bond motifs is 1. The molecule has 184 valence electrons. The van der Waals surface area contributed by atoms with Gasteiger partial charge in [-0.1, -0.05) is 42.5 Å².